The van der Waals surface area contributed by atoms with Gasteiger partial charge in [-0.25, -0.2) is 14.8 Å². The number of fused-ring (bicyclic) bond motifs is 1. The Morgan fingerprint density at radius 3 is 2.71 bits per heavy atom. The highest BCUT2D eigenvalue weighted by Crippen LogP contribution is 2.26. The molecule has 0 fully saturated rings. The minimum atomic E-state index is -0.897. The summed E-state index contributed by atoms with van der Waals surface area (Å²) in [7, 11) is 0. The molecule has 2 heterocycles. The molecule has 2 unspecified atom stereocenters. The van der Waals surface area contributed by atoms with Gasteiger partial charge in [0.25, 0.3) is 0 Å². The molecule has 24 heavy (non-hydrogen) atoms. The van der Waals surface area contributed by atoms with Gasteiger partial charge in [-0.2, -0.15) is 0 Å². The third-order valence-corrected chi connectivity index (χ3v) is 4.12. The van der Waals surface area contributed by atoms with Crippen LogP contribution in [0.4, 0.5) is 5.82 Å². The maximum absolute atomic E-state index is 11.6. The fraction of sp³-hybridized carbons (Fsp3) is 0.278. The molecule has 0 aliphatic rings. The molecule has 3 rings (SSSR count). The van der Waals surface area contributed by atoms with Crippen molar-refractivity contribution < 1.29 is 14.3 Å². The highest BCUT2D eigenvalue weighted by atomic mass is 16.4. The van der Waals surface area contributed by atoms with Crippen molar-refractivity contribution in [2.45, 2.75) is 26.3 Å². The van der Waals surface area contributed by atoms with Crippen LogP contribution in [0.5, 0.6) is 0 Å². The first-order valence-corrected chi connectivity index (χ1v) is 7.90. The van der Waals surface area contributed by atoms with Crippen LogP contribution < -0.4 is 5.32 Å². The molecular weight excluding hydrogens is 306 g/mol. The third-order valence-electron chi connectivity index (χ3n) is 4.12. The maximum atomic E-state index is 11.6. The van der Waals surface area contributed by atoms with Crippen LogP contribution in [0.3, 0.4) is 0 Å². The molecule has 0 saturated heterocycles. The number of hydrogen-bond acceptors (Lipinski definition) is 5. The van der Waals surface area contributed by atoms with Crippen molar-refractivity contribution in [3.8, 4) is 11.6 Å². The molecule has 2 N–H and O–H groups in total. The maximum Gasteiger partial charge on any atom is 0.326 e. The lowest BCUT2D eigenvalue weighted by Crippen LogP contribution is -2.35. The summed E-state index contributed by atoms with van der Waals surface area (Å²) in [4.78, 5) is 20.6. The molecule has 3 aromatic rings. The van der Waals surface area contributed by atoms with Gasteiger partial charge in [-0.3, -0.25) is 0 Å². The minimum absolute atomic E-state index is 0.0386. The van der Waals surface area contributed by atoms with Crippen LogP contribution in [0.2, 0.25) is 0 Å². The van der Waals surface area contributed by atoms with Gasteiger partial charge in [0, 0.05) is 5.39 Å². The van der Waals surface area contributed by atoms with Crippen LogP contribution in [-0.4, -0.2) is 27.1 Å². The Hall–Kier alpha value is -2.89. The number of aromatic nitrogens is 2. The quantitative estimate of drug-likeness (QED) is 0.716. The molecule has 0 saturated carbocycles. The van der Waals surface area contributed by atoms with E-state index >= 15 is 0 Å². The number of nitrogens with zero attached hydrogens (tertiary/aromatic N) is 2. The second kappa shape index (κ2) is 6.70. The first-order chi connectivity index (χ1) is 11.6. The number of aliphatic carboxylic acids is 1. The predicted molar refractivity (Wildman–Crippen MR) is 91.7 cm³/mol. The smallest absolute Gasteiger partial charge is 0.326 e. The standard InChI is InChI=1S/C18H19N3O3/c1-3-11(2)15(18(22)23)20-16-12-7-4-5-8-13(12)19-17(21-16)14-9-6-10-24-14/h4-11,15H,3H2,1-2H3,(H,22,23)(H,19,20,21). The summed E-state index contributed by atoms with van der Waals surface area (Å²) >= 11 is 0. The lowest BCUT2D eigenvalue weighted by Gasteiger charge is -2.21. The van der Waals surface area contributed by atoms with Gasteiger partial charge in [0.2, 0.25) is 0 Å². The van der Waals surface area contributed by atoms with Crippen LogP contribution in [-0.2, 0) is 4.79 Å². The van der Waals surface area contributed by atoms with Gasteiger partial charge in [-0.05, 0) is 30.2 Å². The predicted octanol–water partition coefficient (Wildman–Crippen LogP) is 3.80. The number of carboxylic acids is 1. The van der Waals surface area contributed by atoms with Crippen LogP contribution in [0.1, 0.15) is 20.3 Å². The number of benzene rings is 1. The Morgan fingerprint density at radius 2 is 2.04 bits per heavy atom. The molecule has 0 spiro atoms. The molecule has 0 bridgehead atoms. The highest BCUT2D eigenvalue weighted by molar-refractivity contribution is 5.92. The van der Waals surface area contributed by atoms with E-state index in [0.717, 1.165) is 17.3 Å². The molecule has 2 aromatic heterocycles. The normalized spacial score (nSPS) is 13.6. The Balaban J connectivity index is 2.10. The fourth-order valence-corrected chi connectivity index (χ4v) is 2.53. The van der Waals surface area contributed by atoms with E-state index in [1.807, 2.05) is 38.1 Å². The molecule has 0 aliphatic heterocycles. The van der Waals surface area contributed by atoms with Crippen LogP contribution in [0.25, 0.3) is 22.5 Å². The largest absolute Gasteiger partial charge is 0.480 e. The summed E-state index contributed by atoms with van der Waals surface area (Å²) < 4.78 is 5.38. The van der Waals surface area contributed by atoms with Gasteiger partial charge in [0.05, 0.1) is 11.8 Å². The zero-order valence-corrected chi connectivity index (χ0v) is 13.6. The summed E-state index contributed by atoms with van der Waals surface area (Å²) in [6.07, 6.45) is 2.30. The molecule has 6 heteroatoms. The molecule has 6 nitrogen and oxygen atoms in total. The van der Waals surface area contributed by atoms with Crippen molar-refractivity contribution in [2.75, 3.05) is 5.32 Å². The van der Waals surface area contributed by atoms with Crippen molar-refractivity contribution in [3.63, 3.8) is 0 Å². The van der Waals surface area contributed by atoms with E-state index in [1.54, 1.807) is 18.4 Å². The average Bonchev–Trinajstić information content (AvgIpc) is 3.13. The molecule has 1 aromatic carbocycles. The zero-order chi connectivity index (χ0) is 17.1. The number of nitrogens with one attached hydrogen (secondary N) is 1. The van der Waals surface area contributed by atoms with E-state index in [9.17, 15) is 9.90 Å². The van der Waals surface area contributed by atoms with Crippen molar-refractivity contribution in [1.82, 2.24) is 9.97 Å². The van der Waals surface area contributed by atoms with Gasteiger partial charge >= 0.3 is 5.97 Å². The van der Waals surface area contributed by atoms with E-state index in [-0.39, 0.29) is 5.92 Å². The fourth-order valence-electron chi connectivity index (χ4n) is 2.53. The molecular formula is C18H19N3O3. The van der Waals surface area contributed by atoms with E-state index in [0.29, 0.717) is 17.4 Å². The number of carbonyl (C=O) groups is 1. The Labute approximate surface area is 139 Å². The lowest BCUT2D eigenvalue weighted by molar-refractivity contribution is -0.139. The van der Waals surface area contributed by atoms with Gasteiger partial charge in [-0.15, -0.1) is 0 Å². The van der Waals surface area contributed by atoms with E-state index < -0.39 is 12.0 Å². The average molecular weight is 325 g/mol. The summed E-state index contributed by atoms with van der Waals surface area (Å²) in [5.41, 5.74) is 0.731. The van der Waals surface area contributed by atoms with Gasteiger partial charge in [0.1, 0.15) is 11.9 Å². The summed E-state index contributed by atoms with van der Waals surface area (Å²) in [6.45, 7) is 3.87. The number of rotatable bonds is 6. The van der Waals surface area contributed by atoms with Crippen LogP contribution in [0, 0.1) is 5.92 Å². The van der Waals surface area contributed by atoms with E-state index in [1.165, 1.54) is 0 Å². The van der Waals surface area contributed by atoms with Gasteiger partial charge in [-0.1, -0.05) is 32.4 Å². The van der Waals surface area contributed by atoms with E-state index in [4.69, 9.17) is 4.42 Å². The summed E-state index contributed by atoms with van der Waals surface area (Å²) in [6, 6.07) is 10.3. The second-order valence-corrected chi connectivity index (χ2v) is 5.74. The molecule has 0 amide bonds. The van der Waals surface area contributed by atoms with Crippen molar-refractivity contribution >= 4 is 22.7 Å². The van der Waals surface area contributed by atoms with E-state index in [2.05, 4.69) is 15.3 Å². The van der Waals surface area contributed by atoms with Crippen LogP contribution in [0.15, 0.2) is 47.1 Å². The summed E-state index contributed by atoms with van der Waals surface area (Å²) in [5.74, 6) is 0.531. The SMILES string of the molecule is CCC(C)C(Nc1nc(-c2ccco2)nc2ccccc12)C(=O)O. The number of hydrogen-bond donors (Lipinski definition) is 2. The molecule has 2 atom stereocenters. The first kappa shape index (κ1) is 16.0. The first-order valence-electron chi connectivity index (χ1n) is 7.90. The van der Waals surface area contributed by atoms with Crippen molar-refractivity contribution in [2.24, 2.45) is 5.92 Å². The van der Waals surface area contributed by atoms with Crippen molar-refractivity contribution in [1.29, 1.82) is 0 Å². The number of furan rings is 1. The molecule has 124 valence electrons. The Morgan fingerprint density at radius 1 is 1.25 bits per heavy atom. The van der Waals surface area contributed by atoms with Gasteiger partial charge < -0.3 is 14.8 Å². The monoisotopic (exact) mass is 325 g/mol. The minimum Gasteiger partial charge on any atom is -0.480 e. The van der Waals surface area contributed by atoms with Gasteiger partial charge in [0.15, 0.2) is 11.6 Å². The molecule has 0 aliphatic carbocycles. The number of carboxylic acid groups (broad SMARTS) is 1. The highest BCUT2D eigenvalue weighted by Gasteiger charge is 2.25. The summed E-state index contributed by atoms with van der Waals surface area (Å²) in [5, 5.41) is 13.4. The molecule has 0 radical (unpaired) electrons. The Bertz CT molecular complexity index is 846. The van der Waals surface area contributed by atoms with Crippen LogP contribution >= 0.6 is 0 Å². The number of anilines is 1. The topological polar surface area (TPSA) is 88.3 Å². The lowest BCUT2D eigenvalue weighted by atomic mass is 9.99. The second-order valence-electron chi connectivity index (χ2n) is 5.74. The zero-order valence-electron chi connectivity index (χ0n) is 13.6. The Kier molecular flexibility index (Phi) is 4.46. The third kappa shape index (κ3) is 3.08. The number of para-hydroxylation sites is 1. The van der Waals surface area contributed by atoms with Crippen molar-refractivity contribution in [3.05, 3.63) is 42.7 Å².